The number of hydrogen-bond donors (Lipinski definition) is 0. The van der Waals surface area contributed by atoms with Crippen LogP contribution in [0, 0.1) is 47.3 Å². The first-order valence-corrected chi connectivity index (χ1v) is 46.2. The first-order valence-electron chi connectivity index (χ1n) is 46.2. The minimum atomic E-state index is -0.0825. The van der Waals surface area contributed by atoms with Gasteiger partial charge in [-0.3, -0.25) is 0 Å². The molecule has 28 rings (SSSR count). The molecule has 12 aliphatic carbocycles. The summed E-state index contributed by atoms with van der Waals surface area (Å²) in [6.45, 7) is 9.46. The van der Waals surface area contributed by atoms with E-state index in [4.69, 9.17) is 0 Å². The Morgan fingerprint density at radius 2 is 0.508 bits per heavy atom. The fourth-order valence-electron chi connectivity index (χ4n) is 27.6. The number of hydrogen-bond acceptors (Lipinski definition) is 2. The third-order valence-corrected chi connectivity index (χ3v) is 32.6. The van der Waals surface area contributed by atoms with Crippen LogP contribution in [0.3, 0.4) is 0 Å². The van der Waals surface area contributed by atoms with Crippen LogP contribution < -0.4 is 9.80 Å². The number of rotatable bonds is 12. The summed E-state index contributed by atoms with van der Waals surface area (Å²) < 4.78 is 0. The maximum atomic E-state index is 2.54. The van der Waals surface area contributed by atoms with Crippen molar-refractivity contribution in [3.63, 3.8) is 0 Å². The van der Waals surface area contributed by atoms with Crippen LogP contribution >= 0.6 is 0 Å². The van der Waals surface area contributed by atoms with E-state index in [0.29, 0.717) is 0 Å². The maximum Gasteiger partial charge on any atom is 0.0543 e. The molecule has 8 saturated carbocycles. The molecule has 2 spiro atoms. The van der Waals surface area contributed by atoms with Crippen LogP contribution in [-0.4, -0.2) is 0 Å². The van der Waals surface area contributed by atoms with E-state index in [1.54, 1.807) is 22.3 Å². The number of nitrogens with zero attached hydrogens (tertiary/aromatic N) is 2. The molecule has 8 fully saturated rings. The van der Waals surface area contributed by atoms with Crippen molar-refractivity contribution in [1.82, 2.24) is 0 Å². The molecule has 0 saturated heterocycles. The van der Waals surface area contributed by atoms with Gasteiger partial charge in [-0.2, -0.15) is 0 Å². The smallest absolute Gasteiger partial charge is 0.0543 e. The summed E-state index contributed by atoms with van der Waals surface area (Å²) in [7, 11) is 0. The van der Waals surface area contributed by atoms with Gasteiger partial charge in [0.05, 0.1) is 5.69 Å². The summed E-state index contributed by atoms with van der Waals surface area (Å²) in [5.74, 6) is 6.87. The number of benzene rings is 16. The SMILES string of the molecule is CC1(C)c2ccccc2-c2c(N(c3ccc(-c4ccccc4)cc3)c3ccc(-c4ccc(-c5ccc6c(c5)-c5ccccc5C65C6CC7CC(C6)CC5C7)cc4)cc3)cccc21.CC1(C)c2ccccc2-c2ccc(N(c3ccc(-c4ccccc4)cc3)c3ccc(-c4ccc(-c5cccc6c5C5(c7ccccc7-6)C6CC7CC(C6)CC5C7)cc4)cc3)cc21. The molecular formula is C122H102N2. The minimum Gasteiger partial charge on any atom is -0.310 e. The first kappa shape index (κ1) is 73.8. The molecule has 0 unspecified atom stereocenters. The summed E-state index contributed by atoms with van der Waals surface area (Å²) in [5.41, 5.74) is 45.7. The number of fused-ring (bicyclic) bond motifs is 12. The van der Waals surface area contributed by atoms with Gasteiger partial charge >= 0.3 is 0 Å². The Hall–Kier alpha value is -12.9. The molecule has 0 atom stereocenters. The van der Waals surface area contributed by atoms with Crippen LogP contribution in [0.4, 0.5) is 34.1 Å². The molecule has 0 aromatic heterocycles. The Morgan fingerprint density at radius 3 is 1.01 bits per heavy atom. The van der Waals surface area contributed by atoms with Gasteiger partial charge < -0.3 is 9.80 Å². The highest BCUT2D eigenvalue weighted by Gasteiger charge is 2.64. The normalized spacial score (nSPS) is 22.9. The van der Waals surface area contributed by atoms with E-state index in [1.165, 1.54) is 209 Å². The van der Waals surface area contributed by atoms with Gasteiger partial charge in [0.1, 0.15) is 0 Å². The van der Waals surface area contributed by atoms with Gasteiger partial charge in [-0.1, -0.05) is 331 Å². The van der Waals surface area contributed by atoms with Crippen molar-refractivity contribution in [3.05, 3.63) is 421 Å². The van der Waals surface area contributed by atoms with Gasteiger partial charge in [0, 0.05) is 55.7 Å². The summed E-state index contributed by atoms with van der Waals surface area (Å²) in [4.78, 5) is 4.88. The molecule has 600 valence electrons. The maximum absolute atomic E-state index is 2.54. The molecule has 0 amide bonds. The fraction of sp³-hybridized carbons (Fsp3) is 0.213. The van der Waals surface area contributed by atoms with E-state index in [0.717, 1.165) is 70.1 Å². The second-order valence-corrected chi connectivity index (χ2v) is 39.4. The molecule has 0 aliphatic heterocycles. The molecular weight excluding hydrogens is 1490 g/mol. The van der Waals surface area contributed by atoms with E-state index in [1.807, 2.05) is 0 Å². The average Bonchev–Trinajstić information content (AvgIpc) is 1.44. The van der Waals surface area contributed by atoms with Gasteiger partial charge in [-0.05, 0) is 335 Å². The van der Waals surface area contributed by atoms with Crippen molar-refractivity contribution >= 4 is 34.1 Å². The second kappa shape index (κ2) is 28.3. The zero-order valence-corrected chi connectivity index (χ0v) is 71.4. The first-order chi connectivity index (χ1) is 60.9. The molecule has 12 aliphatic rings. The van der Waals surface area contributed by atoms with E-state index in [2.05, 4.69) is 414 Å². The minimum absolute atomic E-state index is 0.0814. The summed E-state index contributed by atoms with van der Waals surface area (Å²) in [6.07, 6.45) is 14.3. The Bertz CT molecular complexity index is 6830. The van der Waals surface area contributed by atoms with Crippen LogP contribution in [0.5, 0.6) is 0 Å². The molecule has 16 aromatic rings. The largest absolute Gasteiger partial charge is 0.310 e. The van der Waals surface area contributed by atoms with Gasteiger partial charge in [0.15, 0.2) is 0 Å². The molecule has 0 radical (unpaired) electrons. The van der Waals surface area contributed by atoms with Crippen molar-refractivity contribution in [1.29, 1.82) is 0 Å². The molecule has 2 heteroatoms. The lowest BCUT2D eigenvalue weighted by Crippen LogP contribution is -2.55. The zero-order chi connectivity index (χ0) is 82.3. The van der Waals surface area contributed by atoms with Crippen LogP contribution in [0.15, 0.2) is 376 Å². The average molecular weight is 1600 g/mol. The highest BCUT2D eigenvalue weighted by molar-refractivity contribution is 5.97. The molecule has 8 bridgehead atoms. The van der Waals surface area contributed by atoms with E-state index < -0.39 is 0 Å². The predicted molar refractivity (Wildman–Crippen MR) is 517 cm³/mol. The lowest BCUT2D eigenvalue weighted by atomic mass is 9.42. The van der Waals surface area contributed by atoms with Crippen LogP contribution in [-0.2, 0) is 21.7 Å². The van der Waals surface area contributed by atoms with E-state index in [9.17, 15) is 0 Å². The highest BCUT2D eigenvalue weighted by atomic mass is 15.2. The molecule has 0 N–H and O–H groups in total. The fourth-order valence-corrected chi connectivity index (χ4v) is 27.6. The molecule has 124 heavy (non-hydrogen) atoms. The van der Waals surface area contributed by atoms with Crippen LogP contribution in [0.1, 0.15) is 136 Å². The van der Waals surface area contributed by atoms with Gasteiger partial charge in [-0.25, -0.2) is 0 Å². The summed E-state index contributed by atoms with van der Waals surface area (Å²) in [6, 6.07) is 142. The van der Waals surface area contributed by atoms with Crippen molar-refractivity contribution in [2.75, 3.05) is 9.80 Å². The molecule has 2 nitrogen and oxygen atoms in total. The molecule has 0 heterocycles. The lowest BCUT2D eigenvalue weighted by molar-refractivity contribution is -0.0399. The highest BCUT2D eigenvalue weighted by Crippen LogP contribution is 2.72. The summed E-state index contributed by atoms with van der Waals surface area (Å²) >= 11 is 0. The third-order valence-electron chi connectivity index (χ3n) is 32.6. The number of anilines is 6. The van der Waals surface area contributed by atoms with Crippen molar-refractivity contribution in [3.8, 4) is 111 Å². The Labute approximate surface area is 731 Å². The monoisotopic (exact) mass is 1590 g/mol. The Balaban J connectivity index is 0.000000136. The van der Waals surface area contributed by atoms with Crippen molar-refractivity contribution < 1.29 is 0 Å². The Kier molecular flexibility index (Phi) is 16.9. The summed E-state index contributed by atoms with van der Waals surface area (Å²) in [5, 5.41) is 0. The lowest BCUT2D eigenvalue weighted by Gasteiger charge is -2.61. The third kappa shape index (κ3) is 11.2. The standard InChI is InChI=1S/2C61H51N/c1-60(2)54-15-8-7-14-52(54)59-57(60)17-10-18-58(59)62(49-28-23-43(24-29-49)41-11-4-3-5-12-41)50-30-25-44(26-31-50)42-19-21-45(22-20-42)46-27-32-56-53(38-46)51-13-6-9-16-55(51)61(56)47-34-39-33-40(36-47)37-48(61)35-39;1-60(2)56-17-8-6-13-52(56)54-32-31-50(38-58(54)60)62(48-27-23-43(24-28-48)41-11-4-3-5-12-41)49-29-25-44(26-30-49)42-19-21-45(22-20-42)51-15-10-16-55-53-14-7-9-18-57(53)61(59(51)55)46-34-39-33-40(36-46)37-47(61)35-39/h3-32,38-40,47-48H,33-37H2,1-2H3;3-32,38-40,46-47H,33-37H2,1-2H3. The topological polar surface area (TPSA) is 6.48 Å². The van der Waals surface area contributed by atoms with Gasteiger partial charge in [0.2, 0.25) is 0 Å². The molecule has 16 aromatic carbocycles. The van der Waals surface area contributed by atoms with Crippen molar-refractivity contribution in [2.45, 2.75) is 114 Å². The van der Waals surface area contributed by atoms with Gasteiger partial charge in [-0.15, -0.1) is 0 Å². The predicted octanol–water partition coefficient (Wildman–Crippen LogP) is 32.4. The van der Waals surface area contributed by atoms with Crippen LogP contribution in [0.2, 0.25) is 0 Å². The van der Waals surface area contributed by atoms with Gasteiger partial charge in [0.25, 0.3) is 0 Å². The van der Waals surface area contributed by atoms with Crippen LogP contribution in [0.25, 0.3) is 111 Å². The van der Waals surface area contributed by atoms with E-state index in [-0.39, 0.29) is 21.7 Å². The zero-order valence-electron chi connectivity index (χ0n) is 71.4. The van der Waals surface area contributed by atoms with Crippen molar-refractivity contribution in [2.24, 2.45) is 47.3 Å². The quantitative estimate of drug-likeness (QED) is 0.120. The van der Waals surface area contributed by atoms with E-state index >= 15 is 0 Å². The second-order valence-electron chi connectivity index (χ2n) is 39.4. The Morgan fingerprint density at radius 1 is 0.194 bits per heavy atom.